The largest absolute Gasteiger partial charge is 0.394 e. The second-order valence-electron chi connectivity index (χ2n) is 12.2. The topological polar surface area (TPSA) is 70.1 Å². The summed E-state index contributed by atoms with van der Waals surface area (Å²) >= 11 is 0. The highest BCUT2D eigenvalue weighted by atomic mass is 28.4. The minimum Gasteiger partial charge on any atom is -0.394 e. The molecule has 0 unspecified atom stereocenters. The molecule has 0 radical (unpaired) electrons. The van der Waals surface area contributed by atoms with Crippen molar-refractivity contribution < 1.29 is 23.5 Å². The summed E-state index contributed by atoms with van der Waals surface area (Å²) in [7, 11) is -3.41. The first-order valence-corrected chi connectivity index (χ1v) is 17.4. The Hall–Kier alpha value is -3.33. The number of aliphatic hydroxyl groups is 1. The van der Waals surface area contributed by atoms with E-state index in [1.165, 1.54) is 0 Å². The highest BCUT2D eigenvalue weighted by Gasteiger charge is 2.67. The number of para-hydroxylation sites is 1. The molecule has 214 valence electrons. The van der Waals surface area contributed by atoms with Crippen LogP contribution in [0.3, 0.4) is 0 Å². The van der Waals surface area contributed by atoms with E-state index in [4.69, 9.17) is 4.74 Å². The number of anilines is 1. The Balaban J connectivity index is 1.34. The molecule has 3 aromatic rings. The smallest absolute Gasteiger partial charge is 0.264 e. The van der Waals surface area contributed by atoms with Gasteiger partial charge >= 0.3 is 0 Å². The minimum absolute atomic E-state index is 0.0378. The van der Waals surface area contributed by atoms with Gasteiger partial charge < -0.3 is 23.8 Å². The minimum atomic E-state index is -3.41. The summed E-state index contributed by atoms with van der Waals surface area (Å²) in [6.07, 6.45) is -0.226. The van der Waals surface area contributed by atoms with E-state index >= 15 is 4.11 Å². The fraction of sp³-hybridized carbons (Fsp3) is 0.394. The molecule has 8 heteroatoms. The van der Waals surface area contributed by atoms with Gasteiger partial charge in [-0.05, 0) is 42.3 Å². The third-order valence-electron chi connectivity index (χ3n) is 9.31. The summed E-state index contributed by atoms with van der Waals surface area (Å²) in [6.45, 7) is 5.83. The quantitative estimate of drug-likeness (QED) is 0.320. The number of ether oxygens (including phenoxy) is 1. The molecule has 6 nitrogen and oxygen atoms in total. The van der Waals surface area contributed by atoms with Crippen LogP contribution in [0, 0.1) is 5.92 Å². The molecule has 3 aliphatic heterocycles. The van der Waals surface area contributed by atoms with Crippen molar-refractivity contribution in [1.82, 2.24) is 4.90 Å². The summed E-state index contributed by atoms with van der Waals surface area (Å²) in [5, 5.41) is 10.2. The van der Waals surface area contributed by atoms with Crippen LogP contribution in [0.25, 0.3) is 0 Å². The molecule has 5 atom stereocenters. The van der Waals surface area contributed by atoms with Crippen LogP contribution in [0.5, 0.6) is 0 Å². The van der Waals surface area contributed by atoms with Gasteiger partial charge in [0.05, 0.1) is 37.4 Å². The Morgan fingerprint density at radius 3 is 2.39 bits per heavy atom. The fourth-order valence-electron chi connectivity index (χ4n) is 7.46. The molecule has 1 saturated heterocycles. The maximum Gasteiger partial charge on any atom is 0.264 e. The number of fused-ring (bicyclic) bond motifs is 3. The molecule has 1 fully saturated rings. The maximum absolute atomic E-state index is 16.2. The summed E-state index contributed by atoms with van der Waals surface area (Å²) in [5.74, 6) is -0.846. The average Bonchev–Trinajstić information content (AvgIpc) is 3.39. The lowest BCUT2D eigenvalue weighted by Gasteiger charge is -2.37. The van der Waals surface area contributed by atoms with E-state index in [9.17, 15) is 14.7 Å². The molecule has 1 spiro atoms. The number of carbonyl (C=O) groups excluding carboxylic acids is 2. The first-order valence-electron chi connectivity index (χ1n) is 14.4. The molecule has 3 aliphatic rings. The number of hydrogen-bond acceptors (Lipinski definition) is 4. The Labute approximate surface area is 241 Å². The van der Waals surface area contributed by atoms with Gasteiger partial charge in [0, 0.05) is 23.6 Å². The van der Waals surface area contributed by atoms with Crippen LogP contribution in [0.1, 0.15) is 35.6 Å². The number of nitrogens with zero attached hydrogens (tertiary/aromatic N) is 2. The van der Waals surface area contributed by atoms with E-state index in [0.29, 0.717) is 19.5 Å². The Morgan fingerprint density at radius 1 is 1.02 bits per heavy atom. The van der Waals surface area contributed by atoms with Gasteiger partial charge in [-0.25, -0.2) is 0 Å². The van der Waals surface area contributed by atoms with Crippen molar-refractivity contribution in [3.8, 4) is 0 Å². The molecule has 3 aromatic carbocycles. The van der Waals surface area contributed by atoms with Gasteiger partial charge in [-0.1, -0.05) is 79.7 Å². The summed E-state index contributed by atoms with van der Waals surface area (Å²) in [4.78, 5) is 31.7. The van der Waals surface area contributed by atoms with Gasteiger partial charge in [-0.3, -0.25) is 9.59 Å². The number of aliphatic hydroxyl groups excluding tert-OH is 1. The predicted octanol–water partition coefficient (Wildman–Crippen LogP) is 5.34. The SMILES string of the molecule is C[C@H]1[C@H]([Si](C)(C)F)[C@@H](CC(=O)N2Cc3ccccc3C[C@H]2CO)O[C@]12C(=O)N(Cc1ccccc1)c1ccccc12. The monoisotopic (exact) mass is 572 g/mol. The lowest BCUT2D eigenvalue weighted by atomic mass is 9.82. The maximum atomic E-state index is 16.2. The number of amides is 2. The van der Waals surface area contributed by atoms with Crippen LogP contribution in [-0.4, -0.2) is 49.0 Å². The average molecular weight is 573 g/mol. The highest BCUT2D eigenvalue weighted by Crippen LogP contribution is 2.60. The summed E-state index contributed by atoms with van der Waals surface area (Å²) in [5.41, 5.74) is 2.75. The molecule has 0 aliphatic carbocycles. The fourth-order valence-corrected chi connectivity index (χ4v) is 9.95. The summed E-state index contributed by atoms with van der Waals surface area (Å²) in [6, 6.07) is 25.0. The van der Waals surface area contributed by atoms with Crippen LogP contribution in [0.2, 0.25) is 18.6 Å². The number of benzene rings is 3. The number of carbonyl (C=O) groups is 2. The Bertz CT molecular complexity index is 1460. The van der Waals surface area contributed by atoms with Gasteiger partial charge in [0.1, 0.15) is 0 Å². The lowest BCUT2D eigenvalue weighted by molar-refractivity contribution is -0.151. The van der Waals surface area contributed by atoms with Crippen molar-refractivity contribution in [2.45, 2.75) is 69.2 Å². The molecule has 3 heterocycles. The van der Waals surface area contributed by atoms with Crippen LogP contribution in [0.4, 0.5) is 9.80 Å². The van der Waals surface area contributed by atoms with Crippen LogP contribution < -0.4 is 4.90 Å². The normalized spacial score (nSPS) is 27.3. The molecule has 0 bridgehead atoms. The number of halogens is 1. The van der Waals surface area contributed by atoms with E-state index in [1.54, 1.807) is 22.9 Å². The van der Waals surface area contributed by atoms with Crippen LogP contribution in [-0.2, 0) is 39.4 Å². The predicted molar refractivity (Wildman–Crippen MR) is 158 cm³/mol. The second kappa shape index (κ2) is 10.5. The van der Waals surface area contributed by atoms with Crippen LogP contribution >= 0.6 is 0 Å². The van der Waals surface area contributed by atoms with Gasteiger partial charge in [0.25, 0.3) is 5.91 Å². The molecule has 0 aromatic heterocycles. The van der Waals surface area contributed by atoms with E-state index in [-0.39, 0.29) is 30.9 Å². The molecular formula is C33H37FN2O4Si. The van der Waals surface area contributed by atoms with Crippen molar-refractivity contribution in [3.05, 3.63) is 101 Å². The van der Waals surface area contributed by atoms with E-state index in [0.717, 1.165) is 27.9 Å². The molecule has 6 rings (SSSR count). The first-order chi connectivity index (χ1) is 19.6. The van der Waals surface area contributed by atoms with Crippen LogP contribution in [0.15, 0.2) is 78.9 Å². The summed E-state index contributed by atoms with van der Waals surface area (Å²) < 4.78 is 22.9. The van der Waals surface area contributed by atoms with E-state index < -0.39 is 31.6 Å². The first kappa shape index (κ1) is 27.8. The zero-order valence-electron chi connectivity index (χ0n) is 23.8. The standard InChI is InChI=1S/C33H37FN2O4Si/c1-22-31(41(2,3)34)29(18-30(38)35-20-25-14-8-7-13-24(25)17-26(35)21-37)40-33(22)27-15-9-10-16-28(27)36(32(33)39)19-23-11-5-4-6-12-23/h4-16,22,26,29,31,37H,17-21H2,1-3H3/t22-,26-,29+,31-,33+/m0/s1. The van der Waals surface area contributed by atoms with Gasteiger partial charge in [0.2, 0.25) is 14.3 Å². The molecular weight excluding hydrogens is 535 g/mol. The Kier molecular flexibility index (Phi) is 7.12. The third-order valence-corrected chi connectivity index (χ3v) is 11.8. The van der Waals surface area contributed by atoms with Gasteiger partial charge in [-0.15, -0.1) is 0 Å². The second-order valence-corrected chi connectivity index (χ2v) is 16.0. The van der Waals surface area contributed by atoms with E-state index in [2.05, 4.69) is 0 Å². The molecule has 1 N–H and O–H groups in total. The van der Waals surface area contributed by atoms with Crippen molar-refractivity contribution in [1.29, 1.82) is 0 Å². The molecule has 41 heavy (non-hydrogen) atoms. The van der Waals surface area contributed by atoms with Gasteiger partial charge in [-0.2, -0.15) is 0 Å². The van der Waals surface area contributed by atoms with Gasteiger partial charge in [0.15, 0.2) is 5.60 Å². The molecule has 0 saturated carbocycles. The zero-order chi connectivity index (χ0) is 28.9. The van der Waals surface area contributed by atoms with Crippen molar-refractivity contribution in [3.63, 3.8) is 0 Å². The lowest BCUT2D eigenvalue weighted by Crippen LogP contribution is -2.48. The number of hydrogen-bond donors (Lipinski definition) is 1. The zero-order valence-corrected chi connectivity index (χ0v) is 24.8. The van der Waals surface area contributed by atoms with Crippen molar-refractivity contribution >= 4 is 25.9 Å². The number of rotatable bonds is 6. The Morgan fingerprint density at radius 2 is 1.68 bits per heavy atom. The molecule has 2 amide bonds. The van der Waals surface area contributed by atoms with E-state index in [1.807, 2.05) is 85.8 Å². The highest BCUT2D eigenvalue weighted by molar-refractivity contribution is 6.72. The van der Waals surface area contributed by atoms with Crippen molar-refractivity contribution in [2.24, 2.45) is 5.92 Å². The van der Waals surface area contributed by atoms with Crippen molar-refractivity contribution in [2.75, 3.05) is 11.5 Å². The third kappa shape index (κ3) is 4.62.